The first-order chi connectivity index (χ1) is 14.9. The number of nitrogens with one attached hydrogen (secondary N) is 1. The maximum absolute atomic E-state index is 12.3. The first-order valence-electron chi connectivity index (χ1n) is 9.83. The van der Waals surface area contributed by atoms with Gasteiger partial charge in [-0.05, 0) is 56.7 Å². The van der Waals surface area contributed by atoms with Gasteiger partial charge in [0, 0.05) is 17.3 Å². The molecule has 31 heavy (non-hydrogen) atoms. The number of aryl methyl sites for hydroxylation is 2. The highest BCUT2D eigenvalue weighted by molar-refractivity contribution is 7.99. The van der Waals surface area contributed by atoms with E-state index in [0.717, 1.165) is 16.8 Å². The molecular weight excluding hydrogens is 432 g/mol. The zero-order chi connectivity index (χ0) is 22.4. The van der Waals surface area contributed by atoms with Crippen LogP contribution in [0.3, 0.4) is 0 Å². The summed E-state index contributed by atoms with van der Waals surface area (Å²) >= 11 is 7.42. The molecule has 0 fully saturated rings. The number of amides is 1. The van der Waals surface area contributed by atoms with E-state index < -0.39 is 0 Å². The van der Waals surface area contributed by atoms with Crippen molar-refractivity contribution in [1.82, 2.24) is 14.8 Å². The van der Waals surface area contributed by atoms with E-state index in [1.807, 2.05) is 61.7 Å². The number of hydrogen-bond acceptors (Lipinski definition) is 5. The number of anilines is 1. The van der Waals surface area contributed by atoms with Crippen molar-refractivity contribution in [3.63, 3.8) is 0 Å². The quantitative estimate of drug-likeness (QED) is 0.335. The summed E-state index contributed by atoms with van der Waals surface area (Å²) in [6.07, 6.45) is 1.42. The number of rotatable bonds is 9. The number of nitrogens with zero attached hydrogens (tertiary/aromatic N) is 3. The topological polar surface area (TPSA) is 69.0 Å². The van der Waals surface area contributed by atoms with Gasteiger partial charge >= 0.3 is 0 Å². The van der Waals surface area contributed by atoms with Gasteiger partial charge < -0.3 is 10.1 Å². The summed E-state index contributed by atoms with van der Waals surface area (Å²) in [6.45, 7) is 10.2. The van der Waals surface area contributed by atoms with Crippen LogP contribution in [-0.2, 0) is 11.3 Å². The van der Waals surface area contributed by atoms with Gasteiger partial charge in [0.1, 0.15) is 5.75 Å². The molecule has 0 aliphatic rings. The van der Waals surface area contributed by atoms with E-state index in [1.54, 1.807) is 12.1 Å². The number of carbonyl (C=O) groups is 1. The Hall–Kier alpha value is -2.77. The van der Waals surface area contributed by atoms with Gasteiger partial charge in [0.25, 0.3) is 0 Å². The normalized spacial score (nSPS) is 11.7. The molecule has 3 rings (SSSR count). The SMILES string of the molecule is C=CCn1c(SCC(=O)Nc2ccc(C)cc2)nnc1C(C)Oc1ccc(Cl)c(C)c1. The van der Waals surface area contributed by atoms with Crippen LogP contribution >= 0.6 is 23.4 Å². The minimum absolute atomic E-state index is 0.107. The molecule has 0 saturated heterocycles. The molecule has 1 unspecified atom stereocenters. The van der Waals surface area contributed by atoms with Crippen molar-refractivity contribution < 1.29 is 9.53 Å². The van der Waals surface area contributed by atoms with Crippen LogP contribution in [0.5, 0.6) is 5.75 Å². The summed E-state index contributed by atoms with van der Waals surface area (Å²) in [7, 11) is 0. The maximum atomic E-state index is 12.3. The highest BCUT2D eigenvalue weighted by Gasteiger charge is 2.20. The molecule has 1 heterocycles. The van der Waals surface area contributed by atoms with Crippen molar-refractivity contribution in [1.29, 1.82) is 0 Å². The fraction of sp³-hybridized carbons (Fsp3) is 0.261. The Balaban J connectivity index is 1.67. The summed E-state index contributed by atoms with van der Waals surface area (Å²) in [5.41, 5.74) is 2.85. The van der Waals surface area contributed by atoms with Crippen molar-refractivity contribution in [2.45, 2.75) is 38.6 Å². The van der Waals surface area contributed by atoms with Crippen LogP contribution in [-0.4, -0.2) is 26.4 Å². The summed E-state index contributed by atoms with van der Waals surface area (Å²) in [6, 6.07) is 13.2. The predicted molar refractivity (Wildman–Crippen MR) is 126 cm³/mol. The standard InChI is InChI=1S/C23H25ClN4O2S/c1-5-12-28-22(17(4)30-19-10-11-20(24)16(3)13-19)26-27-23(28)31-14-21(29)25-18-8-6-15(2)7-9-18/h5-11,13,17H,1,12,14H2,2-4H3,(H,25,29). The van der Waals surface area contributed by atoms with E-state index >= 15 is 0 Å². The third-order valence-corrected chi connectivity index (χ3v) is 5.92. The van der Waals surface area contributed by atoms with Gasteiger partial charge in [0.05, 0.1) is 5.75 Å². The van der Waals surface area contributed by atoms with Crippen LogP contribution in [0.25, 0.3) is 0 Å². The van der Waals surface area contributed by atoms with Gasteiger partial charge in [0.15, 0.2) is 17.1 Å². The van der Waals surface area contributed by atoms with E-state index in [1.165, 1.54) is 11.8 Å². The molecule has 0 radical (unpaired) electrons. The number of thioether (sulfide) groups is 1. The van der Waals surface area contributed by atoms with Crippen molar-refractivity contribution in [3.8, 4) is 5.75 Å². The summed E-state index contributed by atoms with van der Waals surface area (Å²) < 4.78 is 7.95. The molecule has 162 valence electrons. The second-order valence-electron chi connectivity index (χ2n) is 7.11. The molecule has 1 aromatic heterocycles. The minimum atomic E-state index is -0.344. The monoisotopic (exact) mass is 456 g/mol. The number of aromatic nitrogens is 3. The second kappa shape index (κ2) is 10.5. The molecule has 8 heteroatoms. The Kier molecular flexibility index (Phi) is 7.76. The second-order valence-corrected chi connectivity index (χ2v) is 8.46. The number of carbonyl (C=O) groups excluding carboxylic acids is 1. The fourth-order valence-corrected chi connectivity index (χ4v) is 3.79. The Bertz CT molecular complexity index is 1070. The molecule has 0 aliphatic heterocycles. The molecule has 6 nitrogen and oxygen atoms in total. The average Bonchev–Trinajstić information content (AvgIpc) is 3.14. The Morgan fingerprint density at radius 3 is 2.68 bits per heavy atom. The van der Waals surface area contributed by atoms with Gasteiger partial charge in [-0.15, -0.1) is 16.8 Å². The summed E-state index contributed by atoms with van der Waals surface area (Å²) in [5.74, 6) is 1.47. The molecular formula is C23H25ClN4O2S. The third-order valence-electron chi connectivity index (χ3n) is 4.53. The van der Waals surface area contributed by atoms with Gasteiger partial charge in [-0.3, -0.25) is 9.36 Å². The average molecular weight is 457 g/mol. The largest absolute Gasteiger partial charge is 0.483 e. The summed E-state index contributed by atoms with van der Waals surface area (Å²) in [4.78, 5) is 12.3. The lowest BCUT2D eigenvalue weighted by Gasteiger charge is -2.16. The van der Waals surface area contributed by atoms with Crippen LogP contribution in [0.1, 0.15) is 30.0 Å². The van der Waals surface area contributed by atoms with Crippen molar-refractivity contribution in [2.75, 3.05) is 11.1 Å². The molecule has 1 atom stereocenters. The number of benzene rings is 2. The lowest BCUT2D eigenvalue weighted by Crippen LogP contribution is -2.15. The zero-order valence-corrected chi connectivity index (χ0v) is 19.3. The Morgan fingerprint density at radius 2 is 2.00 bits per heavy atom. The van der Waals surface area contributed by atoms with Crippen molar-refractivity contribution >= 4 is 35.0 Å². The third kappa shape index (κ3) is 6.12. The van der Waals surface area contributed by atoms with Crippen LogP contribution in [0.4, 0.5) is 5.69 Å². The molecule has 0 spiro atoms. The highest BCUT2D eigenvalue weighted by Crippen LogP contribution is 2.27. The van der Waals surface area contributed by atoms with Gasteiger partial charge in [-0.2, -0.15) is 0 Å². The highest BCUT2D eigenvalue weighted by atomic mass is 35.5. The first kappa shape index (κ1) is 22.9. The molecule has 0 saturated carbocycles. The molecule has 1 N–H and O–H groups in total. The van der Waals surface area contributed by atoms with E-state index in [2.05, 4.69) is 22.1 Å². The molecule has 3 aromatic rings. The van der Waals surface area contributed by atoms with E-state index in [0.29, 0.717) is 28.3 Å². The van der Waals surface area contributed by atoms with Crippen molar-refractivity contribution in [2.24, 2.45) is 0 Å². The van der Waals surface area contributed by atoms with E-state index in [9.17, 15) is 4.79 Å². The number of ether oxygens (including phenoxy) is 1. The van der Waals surface area contributed by atoms with Crippen LogP contribution in [0, 0.1) is 13.8 Å². The van der Waals surface area contributed by atoms with Gasteiger partial charge in [0.2, 0.25) is 5.91 Å². The molecule has 0 bridgehead atoms. The van der Waals surface area contributed by atoms with E-state index in [-0.39, 0.29) is 17.8 Å². The first-order valence-corrected chi connectivity index (χ1v) is 11.2. The Labute approximate surface area is 191 Å². The molecule has 2 aromatic carbocycles. The Morgan fingerprint density at radius 1 is 1.26 bits per heavy atom. The maximum Gasteiger partial charge on any atom is 0.234 e. The van der Waals surface area contributed by atoms with E-state index in [4.69, 9.17) is 16.3 Å². The van der Waals surface area contributed by atoms with Gasteiger partial charge in [-0.1, -0.05) is 47.1 Å². The number of hydrogen-bond donors (Lipinski definition) is 1. The van der Waals surface area contributed by atoms with Crippen LogP contribution in [0.15, 0.2) is 60.3 Å². The fourth-order valence-electron chi connectivity index (χ4n) is 2.92. The van der Waals surface area contributed by atoms with Crippen LogP contribution < -0.4 is 10.1 Å². The van der Waals surface area contributed by atoms with Gasteiger partial charge in [-0.25, -0.2) is 0 Å². The number of allylic oxidation sites excluding steroid dienone is 1. The summed E-state index contributed by atoms with van der Waals surface area (Å²) in [5, 5.41) is 12.8. The minimum Gasteiger partial charge on any atom is -0.483 e. The molecule has 1 amide bonds. The smallest absolute Gasteiger partial charge is 0.234 e. The van der Waals surface area contributed by atoms with Crippen LogP contribution in [0.2, 0.25) is 5.02 Å². The molecule has 0 aliphatic carbocycles. The number of halogens is 1. The predicted octanol–water partition coefficient (Wildman–Crippen LogP) is 5.61. The zero-order valence-electron chi connectivity index (χ0n) is 17.8. The lowest BCUT2D eigenvalue weighted by atomic mass is 10.2. The lowest BCUT2D eigenvalue weighted by molar-refractivity contribution is -0.113. The van der Waals surface area contributed by atoms with Crippen molar-refractivity contribution in [3.05, 3.63) is 77.1 Å².